The Morgan fingerprint density at radius 1 is 1.56 bits per heavy atom. The molecule has 5 nitrogen and oxygen atoms in total. The van der Waals surface area contributed by atoms with Gasteiger partial charge in [0.1, 0.15) is 5.82 Å². The van der Waals surface area contributed by atoms with E-state index in [1.807, 2.05) is 0 Å². The lowest BCUT2D eigenvalue weighted by Crippen LogP contribution is -2.44. The van der Waals surface area contributed by atoms with E-state index in [0.717, 1.165) is 13.1 Å². The van der Waals surface area contributed by atoms with Gasteiger partial charge in [0.05, 0.1) is 18.2 Å². The number of nitrogens with one attached hydrogen (secondary N) is 2. The van der Waals surface area contributed by atoms with Crippen LogP contribution in [-0.2, 0) is 0 Å². The number of aromatic nitrogens is 2. The summed E-state index contributed by atoms with van der Waals surface area (Å²) in [5.74, 6) is -0.940. The number of hydrogen-bond donors (Lipinski definition) is 3. The molecule has 0 saturated carbocycles. The van der Waals surface area contributed by atoms with E-state index in [4.69, 9.17) is 5.73 Å². The highest BCUT2D eigenvalue weighted by Crippen LogP contribution is 2.26. The molecular formula is C10H16F3N5. The van der Waals surface area contributed by atoms with E-state index in [2.05, 4.69) is 15.7 Å². The van der Waals surface area contributed by atoms with Crippen LogP contribution in [0.15, 0.2) is 12.3 Å². The van der Waals surface area contributed by atoms with Crippen molar-refractivity contribution in [3.8, 4) is 0 Å². The van der Waals surface area contributed by atoms with Gasteiger partial charge in [-0.05, 0) is 0 Å². The number of nitrogens with two attached hydrogens (primary N) is 1. The molecule has 1 unspecified atom stereocenters. The molecule has 1 atom stereocenters. The fourth-order valence-corrected chi connectivity index (χ4v) is 1.75. The van der Waals surface area contributed by atoms with Crippen LogP contribution in [0.1, 0.15) is 6.04 Å². The second kappa shape index (κ2) is 5.15. The highest BCUT2D eigenvalue weighted by Gasteiger charge is 2.38. The maximum atomic E-state index is 12.5. The summed E-state index contributed by atoms with van der Waals surface area (Å²) in [5.41, 5.74) is 5.14. The first-order valence-corrected chi connectivity index (χ1v) is 5.77. The maximum absolute atomic E-state index is 12.5. The number of alkyl halides is 3. The number of rotatable bonds is 5. The fourth-order valence-electron chi connectivity index (χ4n) is 1.75. The topological polar surface area (TPSA) is 67.9 Å². The molecule has 4 N–H and O–H groups in total. The molecule has 0 aliphatic carbocycles. The summed E-state index contributed by atoms with van der Waals surface area (Å²) >= 11 is 0. The van der Waals surface area contributed by atoms with Gasteiger partial charge in [0.25, 0.3) is 0 Å². The first-order chi connectivity index (χ1) is 8.52. The Kier molecular flexibility index (Phi) is 3.76. The van der Waals surface area contributed by atoms with Crippen molar-refractivity contribution in [2.75, 3.05) is 31.5 Å². The van der Waals surface area contributed by atoms with E-state index in [-0.39, 0.29) is 12.6 Å². The van der Waals surface area contributed by atoms with E-state index in [9.17, 15) is 13.2 Å². The molecule has 8 heteroatoms. The highest BCUT2D eigenvalue weighted by molar-refractivity contribution is 5.35. The standard InChI is InChI=1S/C10H16F3N5/c11-10(12,13)7(3-14)4-16-9-1-2-17-18(9)8-5-15-6-8/h1-2,7-8,15-16H,3-6,14H2. The summed E-state index contributed by atoms with van der Waals surface area (Å²) in [6.45, 7) is 0.924. The predicted octanol–water partition coefficient (Wildman–Crippen LogP) is 0.576. The molecular weight excluding hydrogens is 247 g/mol. The van der Waals surface area contributed by atoms with Crippen LogP contribution in [0, 0.1) is 5.92 Å². The van der Waals surface area contributed by atoms with Crippen molar-refractivity contribution in [3.05, 3.63) is 12.3 Å². The molecule has 1 fully saturated rings. The van der Waals surface area contributed by atoms with Gasteiger partial charge >= 0.3 is 6.18 Å². The third-order valence-electron chi connectivity index (χ3n) is 3.05. The zero-order valence-electron chi connectivity index (χ0n) is 9.74. The van der Waals surface area contributed by atoms with Crippen LogP contribution in [0.2, 0.25) is 0 Å². The summed E-state index contributed by atoms with van der Waals surface area (Å²) in [5, 5.41) is 9.97. The third kappa shape index (κ3) is 2.75. The third-order valence-corrected chi connectivity index (χ3v) is 3.05. The Morgan fingerprint density at radius 2 is 2.28 bits per heavy atom. The molecule has 0 spiro atoms. The largest absolute Gasteiger partial charge is 0.394 e. The average Bonchev–Trinajstić information content (AvgIpc) is 2.62. The van der Waals surface area contributed by atoms with Gasteiger partial charge in [-0.25, -0.2) is 4.68 Å². The van der Waals surface area contributed by atoms with Crippen LogP contribution in [0.4, 0.5) is 19.0 Å². The molecule has 0 bridgehead atoms. The number of nitrogens with zero attached hydrogens (tertiary/aromatic N) is 2. The summed E-state index contributed by atoms with van der Waals surface area (Å²) in [4.78, 5) is 0. The minimum absolute atomic E-state index is 0.213. The van der Waals surface area contributed by atoms with Crippen molar-refractivity contribution >= 4 is 5.82 Å². The zero-order valence-corrected chi connectivity index (χ0v) is 9.74. The first-order valence-electron chi connectivity index (χ1n) is 5.77. The summed E-state index contributed by atoms with van der Waals surface area (Å²) in [6.07, 6.45) is -2.70. The van der Waals surface area contributed by atoms with Crippen molar-refractivity contribution in [1.29, 1.82) is 0 Å². The van der Waals surface area contributed by atoms with Crippen molar-refractivity contribution in [2.24, 2.45) is 11.7 Å². The van der Waals surface area contributed by atoms with Gasteiger partial charge in [-0.1, -0.05) is 0 Å². The Hall–Kier alpha value is -1.28. The lowest BCUT2D eigenvalue weighted by molar-refractivity contribution is -0.167. The zero-order chi connectivity index (χ0) is 13.2. The van der Waals surface area contributed by atoms with E-state index < -0.39 is 18.6 Å². The van der Waals surface area contributed by atoms with E-state index >= 15 is 0 Å². The lowest BCUT2D eigenvalue weighted by Gasteiger charge is -2.29. The summed E-state index contributed by atoms with van der Waals surface area (Å²) in [7, 11) is 0. The van der Waals surface area contributed by atoms with Crippen LogP contribution < -0.4 is 16.4 Å². The highest BCUT2D eigenvalue weighted by atomic mass is 19.4. The number of hydrogen-bond acceptors (Lipinski definition) is 4. The average molecular weight is 263 g/mol. The molecule has 1 saturated heterocycles. The van der Waals surface area contributed by atoms with Gasteiger partial charge in [0.2, 0.25) is 0 Å². The number of anilines is 1. The van der Waals surface area contributed by atoms with Gasteiger partial charge in [-0.15, -0.1) is 0 Å². The van der Waals surface area contributed by atoms with Crippen molar-refractivity contribution in [1.82, 2.24) is 15.1 Å². The molecule has 102 valence electrons. The predicted molar refractivity (Wildman–Crippen MR) is 61.2 cm³/mol. The second-order valence-corrected chi connectivity index (χ2v) is 4.33. The van der Waals surface area contributed by atoms with E-state index in [0.29, 0.717) is 5.82 Å². The van der Waals surface area contributed by atoms with Crippen LogP contribution in [0.5, 0.6) is 0 Å². The Morgan fingerprint density at radius 3 is 2.78 bits per heavy atom. The summed E-state index contributed by atoms with van der Waals surface area (Å²) in [6, 6.07) is 1.88. The Labute approximate surface area is 103 Å². The molecule has 2 rings (SSSR count). The van der Waals surface area contributed by atoms with Gasteiger partial charge in [-0.2, -0.15) is 18.3 Å². The fraction of sp³-hybridized carbons (Fsp3) is 0.700. The normalized spacial score (nSPS) is 18.4. The molecule has 1 aromatic rings. The van der Waals surface area contributed by atoms with Crippen LogP contribution in [-0.4, -0.2) is 42.1 Å². The van der Waals surface area contributed by atoms with E-state index in [1.54, 1.807) is 16.9 Å². The SMILES string of the molecule is NCC(CNc1ccnn1C1CNC1)C(F)(F)F. The maximum Gasteiger partial charge on any atom is 0.394 e. The smallest absolute Gasteiger partial charge is 0.370 e. The number of halogens is 3. The van der Waals surface area contributed by atoms with Crippen LogP contribution in [0.25, 0.3) is 0 Å². The molecule has 0 amide bonds. The van der Waals surface area contributed by atoms with Gasteiger partial charge in [0, 0.05) is 32.2 Å². The van der Waals surface area contributed by atoms with Gasteiger partial charge < -0.3 is 16.4 Å². The molecule has 0 radical (unpaired) electrons. The van der Waals surface area contributed by atoms with Crippen LogP contribution in [0.3, 0.4) is 0 Å². The minimum atomic E-state index is -4.27. The van der Waals surface area contributed by atoms with Crippen molar-refractivity contribution in [3.63, 3.8) is 0 Å². The van der Waals surface area contributed by atoms with Gasteiger partial charge in [0.15, 0.2) is 0 Å². The quantitative estimate of drug-likeness (QED) is 0.727. The molecule has 1 aromatic heterocycles. The Balaban J connectivity index is 1.95. The van der Waals surface area contributed by atoms with E-state index in [1.165, 1.54) is 0 Å². The molecule has 1 aliphatic rings. The van der Waals surface area contributed by atoms with Crippen molar-refractivity contribution in [2.45, 2.75) is 12.2 Å². The van der Waals surface area contributed by atoms with Crippen LogP contribution >= 0.6 is 0 Å². The molecule has 18 heavy (non-hydrogen) atoms. The lowest BCUT2D eigenvalue weighted by atomic mass is 10.1. The molecule has 0 aromatic carbocycles. The minimum Gasteiger partial charge on any atom is -0.370 e. The Bertz CT molecular complexity index is 385. The second-order valence-electron chi connectivity index (χ2n) is 4.33. The van der Waals surface area contributed by atoms with Gasteiger partial charge in [-0.3, -0.25) is 0 Å². The van der Waals surface area contributed by atoms with Crippen molar-refractivity contribution < 1.29 is 13.2 Å². The summed E-state index contributed by atoms with van der Waals surface area (Å²) < 4.78 is 39.3. The molecule has 2 heterocycles. The first kappa shape index (κ1) is 13.2. The molecule has 1 aliphatic heterocycles. The monoisotopic (exact) mass is 263 g/mol.